The van der Waals surface area contributed by atoms with Crippen molar-refractivity contribution in [3.05, 3.63) is 29.0 Å². The normalized spacial score (nSPS) is 10.9. The molecule has 0 heterocycles. The van der Waals surface area contributed by atoms with Gasteiger partial charge in [-0.15, -0.1) is 0 Å². The Labute approximate surface area is 107 Å². The van der Waals surface area contributed by atoms with Gasteiger partial charge in [0.2, 0.25) is 0 Å². The Balaban J connectivity index is 2.22. The number of anilines is 1. The fourth-order valence-electron chi connectivity index (χ4n) is 1.34. The van der Waals surface area contributed by atoms with Gasteiger partial charge >= 0.3 is 0 Å². The molecule has 96 valence electrons. The van der Waals surface area contributed by atoms with Gasteiger partial charge in [0, 0.05) is 13.2 Å². The van der Waals surface area contributed by atoms with Crippen LogP contribution in [0.15, 0.2) is 18.2 Å². The summed E-state index contributed by atoms with van der Waals surface area (Å²) in [6, 6.07) is 4.63. The van der Waals surface area contributed by atoms with E-state index < -0.39 is 0 Å². The maximum Gasteiger partial charge on any atom is 0.147 e. The van der Waals surface area contributed by atoms with Gasteiger partial charge in [0.15, 0.2) is 0 Å². The number of para-hydroxylation sites is 1. The van der Waals surface area contributed by atoms with Crippen molar-refractivity contribution >= 4 is 17.3 Å². The largest absolute Gasteiger partial charge is 0.380 e. The Bertz CT molecular complexity index is 324. The molecular weight excluding hydrogens is 241 g/mol. The molecular formula is C13H19ClFNO. The predicted octanol–water partition coefficient (Wildman–Crippen LogP) is 3.95. The molecule has 2 nitrogen and oxygen atoms in total. The first-order chi connectivity index (χ1) is 8.11. The molecule has 0 aromatic heterocycles. The van der Waals surface area contributed by atoms with E-state index in [4.69, 9.17) is 16.3 Å². The van der Waals surface area contributed by atoms with Crippen molar-refractivity contribution < 1.29 is 9.13 Å². The first-order valence-corrected chi connectivity index (χ1v) is 6.24. The second-order valence-corrected chi connectivity index (χ2v) is 4.73. The number of ether oxygens (including phenoxy) is 1. The molecule has 0 saturated carbocycles. The molecule has 17 heavy (non-hydrogen) atoms. The molecule has 0 aliphatic rings. The third kappa shape index (κ3) is 5.37. The van der Waals surface area contributed by atoms with Gasteiger partial charge in [0.1, 0.15) is 5.82 Å². The number of benzene rings is 1. The lowest BCUT2D eigenvalue weighted by molar-refractivity contribution is 0.132. The van der Waals surface area contributed by atoms with E-state index in [1.54, 1.807) is 12.1 Å². The molecule has 1 aromatic rings. The molecule has 1 aromatic carbocycles. The second-order valence-electron chi connectivity index (χ2n) is 4.32. The zero-order valence-corrected chi connectivity index (χ0v) is 11.1. The Morgan fingerprint density at radius 3 is 2.76 bits per heavy atom. The molecule has 0 unspecified atom stereocenters. The van der Waals surface area contributed by atoms with E-state index in [2.05, 4.69) is 19.2 Å². The van der Waals surface area contributed by atoms with Crippen molar-refractivity contribution in [3.8, 4) is 0 Å². The minimum Gasteiger partial charge on any atom is -0.380 e. The first-order valence-electron chi connectivity index (χ1n) is 5.87. The first kappa shape index (κ1) is 14.3. The third-order valence-electron chi connectivity index (χ3n) is 2.35. The predicted molar refractivity (Wildman–Crippen MR) is 70.2 cm³/mol. The topological polar surface area (TPSA) is 21.3 Å². The highest BCUT2D eigenvalue weighted by molar-refractivity contribution is 6.33. The van der Waals surface area contributed by atoms with Crippen molar-refractivity contribution in [2.75, 3.05) is 25.1 Å². The summed E-state index contributed by atoms with van der Waals surface area (Å²) >= 11 is 5.87. The maximum absolute atomic E-state index is 13.3. The summed E-state index contributed by atoms with van der Waals surface area (Å²) in [6.45, 7) is 6.15. The minimum atomic E-state index is -0.334. The van der Waals surface area contributed by atoms with Gasteiger partial charge in [-0.2, -0.15) is 0 Å². The molecule has 4 heteroatoms. The summed E-state index contributed by atoms with van der Waals surface area (Å²) < 4.78 is 18.8. The van der Waals surface area contributed by atoms with E-state index in [0.29, 0.717) is 29.8 Å². The molecule has 1 rings (SSSR count). The smallest absolute Gasteiger partial charge is 0.147 e. The van der Waals surface area contributed by atoms with Gasteiger partial charge < -0.3 is 10.1 Å². The highest BCUT2D eigenvalue weighted by Crippen LogP contribution is 2.24. The summed E-state index contributed by atoms with van der Waals surface area (Å²) in [6.07, 6.45) is 1.04. The van der Waals surface area contributed by atoms with E-state index in [0.717, 1.165) is 13.0 Å². The number of hydrogen-bond donors (Lipinski definition) is 1. The third-order valence-corrected chi connectivity index (χ3v) is 2.67. The molecule has 0 spiro atoms. The fraction of sp³-hybridized carbons (Fsp3) is 0.538. The van der Waals surface area contributed by atoms with Crippen molar-refractivity contribution in [1.29, 1.82) is 0 Å². The van der Waals surface area contributed by atoms with Crippen LogP contribution in [0.5, 0.6) is 0 Å². The Hall–Kier alpha value is -0.800. The second kappa shape index (κ2) is 7.51. The average Bonchev–Trinajstić information content (AvgIpc) is 2.26. The Morgan fingerprint density at radius 2 is 2.12 bits per heavy atom. The molecule has 0 aliphatic carbocycles. The summed E-state index contributed by atoms with van der Waals surface area (Å²) in [5.41, 5.74) is 0.349. The van der Waals surface area contributed by atoms with Crippen molar-refractivity contribution in [1.82, 2.24) is 0 Å². The van der Waals surface area contributed by atoms with Crippen LogP contribution in [-0.4, -0.2) is 19.8 Å². The highest BCUT2D eigenvalue weighted by atomic mass is 35.5. The number of halogens is 2. The molecule has 0 saturated heterocycles. The summed E-state index contributed by atoms with van der Waals surface area (Å²) in [7, 11) is 0. The summed E-state index contributed by atoms with van der Waals surface area (Å²) in [5, 5.41) is 3.33. The molecule has 0 fully saturated rings. The lowest BCUT2D eigenvalue weighted by Gasteiger charge is -2.10. The van der Waals surface area contributed by atoms with Gasteiger partial charge in [-0.25, -0.2) is 4.39 Å². The summed E-state index contributed by atoms with van der Waals surface area (Å²) in [5.74, 6) is 0.309. The van der Waals surface area contributed by atoms with E-state index in [1.165, 1.54) is 6.07 Å². The van der Waals surface area contributed by atoms with E-state index in [-0.39, 0.29) is 5.82 Å². The monoisotopic (exact) mass is 259 g/mol. The average molecular weight is 260 g/mol. The van der Waals surface area contributed by atoms with Crippen LogP contribution in [0.2, 0.25) is 5.02 Å². The molecule has 0 aliphatic heterocycles. The van der Waals surface area contributed by atoms with Crippen molar-refractivity contribution in [2.24, 2.45) is 5.92 Å². The fourth-order valence-corrected chi connectivity index (χ4v) is 1.57. The molecule has 0 amide bonds. The highest BCUT2D eigenvalue weighted by Gasteiger charge is 2.05. The number of rotatable bonds is 7. The van der Waals surface area contributed by atoms with Crippen molar-refractivity contribution in [2.45, 2.75) is 20.3 Å². The van der Waals surface area contributed by atoms with Gasteiger partial charge in [-0.05, 0) is 24.5 Å². The Kier molecular flexibility index (Phi) is 6.30. The van der Waals surface area contributed by atoms with Crippen LogP contribution < -0.4 is 5.32 Å². The van der Waals surface area contributed by atoms with Gasteiger partial charge in [0.25, 0.3) is 0 Å². The summed E-state index contributed by atoms with van der Waals surface area (Å²) in [4.78, 5) is 0. The van der Waals surface area contributed by atoms with Crippen LogP contribution in [-0.2, 0) is 4.74 Å². The van der Waals surface area contributed by atoms with Crippen LogP contribution in [0.3, 0.4) is 0 Å². The lowest BCUT2D eigenvalue weighted by Crippen LogP contribution is -2.12. The van der Waals surface area contributed by atoms with Crippen LogP contribution in [0, 0.1) is 11.7 Å². The van der Waals surface area contributed by atoms with E-state index in [9.17, 15) is 4.39 Å². The Morgan fingerprint density at radius 1 is 1.35 bits per heavy atom. The van der Waals surface area contributed by atoms with E-state index in [1.807, 2.05) is 0 Å². The molecule has 0 radical (unpaired) electrons. The zero-order valence-electron chi connectivity index (χ0n) is 10.3. The minimum absolute atomic E-state index is 0.334. The molecule has 1 N–H and O–H groups in total. The van der Waals surface area contributed by atoms with Gasteiger partial charge in [-0.3, -0.25) is 0 Å². The van der Waals surface area contributed by atoms with Crippen LogP contribution in [0.4, 0.5) is 10.1 Å². The maximum atomic E-state index is 13.3. The van der Waals surface area contributed by atoms with Crippen LogP contribution in [0.1, 0.15) is 20.3 Å². The van der Waals surface area contributed by atoms with Gasteiger partial charge in [-0.1, -0.05) is 31.5 Å². The zero-order chi connectivity index (χ0) is 12.7. The quantitative estimate of drug-likeness (QED) is 0.749. The standard InChI is InChI=1S/C13H19ClFNO/c1-10(2)6-8-17-9-7-16-13-11(14)4-3-5-12(13)15/h3-5,10,16H,6-9H2,1-2H3. The SMILES string of the molecule is CC(C)CCOCCNc1c(F)cccc1Cl. The lowest BCUT2D eigenvalue weighted by atomic mass is 10.1. The number of hydrogen-bond acceptors (Lipinski definition) is 2. The van der Waals surface area contributed by atoms with Crippen LogP contribution >= 0.6 is 11.6 Å². The molecule has 0 bridgehead atoms. The molecule has 0 atom stereocenters. The van der Waals surface area contributed by atoms with Crippen LogP contribution in [0.25, 0.3) is 0 Å². The van der Waals surface area contributed by atoms with E-state index >= 15 is 0 Å². The van der Waals surface area contributed by atoms with Gasteiger partial charge in [0.05, 0.1) is 17.3 Å². The number of nitrogens with one attached hydrogen (secondary N) is 1. The van der Waals surface area contributed by atoms with Crippen molar-refractivity contribution in [3.63, 3.8) is 0 Å².